The van der Waals surface area contributed by atoms with Crippen LogP contribution in [0, 0.1) is 0 Å². The molecule has 0 amide bonds. The van der Waals surface area contributed by atoms with Crippen molar-refractivity contribution in [3.05, 3.63) is 59.2 Å². The summed E-state index contributed by atoms with van der Waals surface area (Å²) < 4.78 is 5.40. The first-order chi connectivity index (χ1) is 10.7. The Labute approximate surface area is 130 Å². The number of hydrogen-bond acceptors (Lipinski definition) is 4. The lowest BCUT2D eigenvalue weighted by atomic mass is 10.1. The molecule has 0 aliphatic heterocycles. The summed E-state index contributed by atoms with van der Waals surface area (Å²) in [4.78, 5) is 0. The molecule has 1 aliphatic carbocycles. The highest BCUT2D eigenvalue weighted by molar-refractivity contribution is 5.45. The number of aliphatic hydroxyl groups is 1. The Morgan fingerprint density at radius 2 is 2.00 bits per heavy atom. The zero-order chi connectivity index (χ0) is 15.5. The van der Waals surface area contributed by atoms with Crippen molar-refractivity contribution in [2.45, 2.75) is 32.0 Å². The summed E-state index contributed by atoms with van der Waals surface area (Å²) in [5.41, 5.74) is 3.08. The van der Waals surface area contributed by atoms with Crippen molar-refractivity contribution < 1.29 is 14.9 Å². The number of phenols is 1. The quantitative estimate of drug-likeness (QED) is 0.794. The fourth-order valence-electron chi connectivity index (χ4n) is 3.02. The van der Waals surface area contributed by atoms with E-state index < -0.39 is 6.10 Å². The van der Waals surface area contributed by atoms with Gasteiger partial charge in [-0.3, -0.25) is 0 Å². The van der Waals surface area contributed by atoms with Gasteiger partial charge < -0.3 is 20.3 Å². The van der Waals surface area contributed by atoms with E-state index in [0.717, 1.165) is 11.1 Å². The molecule has 0 heterocycles. The lowest BCUT2D eigenvalue weighted by molar-refractivity contribution is 0.140. The monoisotopic (exact) mass is 299 g/mol. The summed E-state index contributed by atoms with van der Waals surface area (Å²) in [6.07, 6.45) is 0.230. The van der Waals surface area contributed by atoms with Gasteiger partial charge in [0.2, 0.25) is 0 Å². The first-order valence-electron chi connectivity index (χ1n) is 7.63. The molecule has 0 spiro atoms. The van der Waals surface area contributed by atoms with Crippen LogP contribution in [0.5, 0.6) is 11.5 Å². The lowest BCUT2D eigenvalue weighted by Gasteiger charge is -2.19. The molecule has 22 heavy (non-hydrogen) atoms. The van der Waals surface area contributed by atoms with Crippen LogP contribution >= 0.6 is 0 Å². The Balaban J connectivity index is 1.75. The summed E-state index contributed by atoms with van der Waals surface area (Å²) in [6, 6.07) is 13.4. The summed E-state index contributed by atoms with van der Waals surface area (Å²) in [5.74, 6) is 0.659. The molecule has 116 valence electrons. The summed E-state index contributed by atoms with van der Waals surface area (Å²) in [7, 11) is 0. The number of benzene rings is 2. The second kappa shape index (κ2) is 6.38. The second-order valence-electron chi connectivity index (χ2n) is 5.53. The molecule has 4 nitrogen and oxygen atoms in total. The van der Waals surface area contributed by atoms with Crippen molar-refractivity contribution >= 4 is 0 Å². The molecule has 0 saturated heterocycles. The zero-order valence-corrected chi connectivity index (χ0v) is 12.6. The van der Waals surface area contributed by atoms with E-state index in [9.17, 15) is 10.2 Å². The average molecular weight is 299 g/mol. The normalized spacial score (nSPS) is 19.9. The molecule has 0 fully saturated rings. The van der Waals surface area contributed by atoms with Crippen LogP contribution in [0.2, 0.25) is 0 Å². The number of aliphatic hydroxyl groups excluding tert-OH is 1. The molecule has 0 unspecified atom stereocenters. The van der Waals surface area contributed by atoms with Crippen molar-refractivity contribution in [2.24, 2.45) is 0 Å². The Morgan fingerprint density at radius 3 is 2.82 bits per heavy atom. The third-order valence-corrected chi connectivity index (χ3v) is 4.10. The second-order valence-corrected chi connectivity index (χ2v) is 5.53. The largest absolute Gasteiger partial charge is 0.504 e. The number of hydrogen-bond donors (Lipinski definition) is 3. The van der Waals surface area contributed by atoms with Gasteiger partial charge in [-0.1, -0.05) is 36.4 Å². The van der Waals surface area contributed by atoms with Gasteiger partial charge in [-0.15, -0.1) is 0 Å². The Morgan fingerprint density at radius 1 is 1.18 bits per heavy atom. The molecule has 0 saturated carbocycles. The van der Waals surface area contributed by atoms with Crippen molar-refractivity contribution in [3.8, 4) is 11.5 Å². The maximum Gasteiger partial charge on any atom is 0.162 e. The van der Waals surface area contributed by atoms with Crippen LogP contribution in [-0.2, 0) is 13.0 Å². The maximum atomic E-state index is 10.2. The summed E-state index contributed by atoms with van der Waals surface area (Å²) in [6.45, 7) is 2.87. The van der Waals surface area contributed by atoms with Gasteiger partial charge in [-0.05, 0) is 24.1 Å². The van der Waals surface area contributed by atoms with Crippen LogP contribution in [0.25, 0.3) is 0 Å². The minimum atomic E-state index is -0.436. The van der Waals surface area contributed by atoms with E-state index >= 15 is 0 Å². The zero-order valence-electron chi connectivity index (χ0n) is 12.6. The molecule has 3 rings (SSSR count). The van der Waals surface area contributed by atoms with Crippen LogP contribution in [0.1, 0.15) is 29.7 Å². The third-order valence-electron chi connectivity index (χ3n) is 4.10. The van der Waals surface area contributed by atoms with Gasteiger partial charge in [0.15, 0.2) is 11.5 Å². The molecule has 4 heteroatoms. The van der Waals surface area contributed by atoms with Crippen LogP contribution in [0.4, 0.5) is 0 Å². The minimum Gasteiger partial charge on any atom is -0.504 e. The number of phenolic OH excluding ortho intramolecular Hbond substituents is 1. The number of para-hydroxylation sites is 1. The van der Waals surface area contributed by atoms with Crippen LogP contribution in [0.3, 0.4) is 0 Å². The molecule has 0 radical (unpaired) electrons. The summed E-state index contributed by atoms with van der Waals surface area (Å²) in [5, 5.41) is 23.8. The highest BCUT2D eigenvalue weighted by atomic mass is 16.5. The van der Waals surface area contributed by atoms with Crippen molar-refractivity contribution in [3.63, 3.8) is 0 Å². The molecule has 3 N–H and O–H groups in total. The molecular formula is C18H21NO3. The van der Waals surface area contributed by atoms with Crippen LogP contribution in [0.15, 0.2) is 42.5 Å². The molecule has 0 bridgehead atoms. The van der Waals surface area contributed by atoms with E-state index in [4.69, 9.17) is 4.74 Å². The van der Waals surface area contributed by atoms with Gasteiger partial charge in [0.25, 0.3) is 0 Å². The number of aromatic hydroxyl groups is 1. The molecular weight excluding hydrogens is 278 g/mol. The highest BCUT2D eigenvalue weighted by Crippen LogP contribution is 2.33. The van der Waals surface area contributed by atoms with E-state index in [1.165, 1.54) is 5.56 Å². The number of ether oxygens (including phenoxy) is 1. The Kier molecular flexibility index (Phi) is 4.32. The van der Waals surface area contributed by atoms with Crippen LogP contribution < -0.4 is 10.1 Å². The standard InChI is InChI=1S/C18H21NO3/c1-2-22-16-9-5-7-13(18(16)21)11-19-17-14-8-4-3-6-12(14)10-15(17)20/h3-9,15,17,19-21H,2,10-11H2,1H3/t15-,17+/m0/s1. The van der Waals surface area contributed by atoms with Crippen LogP contribution in [-0.4, -0.2) is 22.9 Å². The van der Waals surface area contributed by atoms with Crippen molar-refractivity contribution in [1.82, 2.24) is 5.32 Å². The third kappa shape index (κ3) is 2.80. The van der Waals surface area contributed by atoms with Gasteiger partial charge >= 0.3 is 0 Å². The Bertz CT molecular complexity index is 657. The van der Waals surface area contributed by atoms with Gasteiger partial charge in [0.05, 0.1) is 18.8 Å². The topological polar surface area (TPSA) is 61.7 Å². The maximum absolute atomic E-state index is 10.2. The van der Waals surface area contributed by atoms with Gasteiger partial charge in [0, 0.05) is 18.5 Å². The predicted molar refractivity (Wildman–Crippen MR) is 85.0 cm³/mol. The SMILES string of the molecule is CCOc1cccc(CN[C@@H]2c3ccccc3C[C@@H]2O)c1O. The first kappa shape index (κ1) is 14.9. The predicted octanol–water partition coefficient (Wildman–Crippen LogP) is 2.54. The molecule has 0 aromatic heterocycles. The highest BCUT2D eigenvalue weighted by Gasteiger charge is 2.30. The van der Waals surface area contributed by atoms with E-state index in [1.807, 2.05) is 43.3 Å². The average Bonchev–Trinajstić information content (AvgIpc) is 2.84. The van der Waals surface area contributed by atoms with Gasteiger partial charge in [-0.25, -0.2) is 0 Å². The molecule has 1 aliphatic rings. The number of rotatable bonds is 5. The van der Waals surface area contributed by atoms with E-state index in [2.05, 4.69) is 5.32 Å². The Hall–Kier alpha value is -2.04. The summed E-state index contributed by atoms with van der Waals surface area (Å²) >= 11 is 0. The first-order valence-corrected chi connectivity index (χ1v) is 7.63. The molecule has 2 aromatic rings. The fourth-order valence-corrected chi connectivity index (χ4v) is 3.02. The van der Waals surface area contributed by atoms with Gasteiger partial charge in [0.1, 0.15) is 0 Å². The number of nitrogens with one attached hydrogen (secondary N) is 1. The lowest BCUT2D eigenvalue weighted by Crippen LogP contribution is -2.28. The molecule has 2 aromatic carbocycles. The smallest absolute Gasteiger partial charge is 0.162 e. The fraction of sp³-hybridized carbons (Fsp3) is 0.333. The van der Waals surface area contributed by atoms with E-state index in [1.54, 1.807) is 6.07 Å². The number of fused-ring (bicyclic) bond motifs is 1. The van der Waals surface area contributed by atoms with E-state index in [-0.39, 0.29) is 11.8 Å². The van der Waals surface area contributed by atoms with Gasteiger partial charge in [-0.2, -0.15) is 0 Å². The molecule has 2 atom stereocenters. The van der Waals surface area contributed by atoms with E-state index in [0.29, 0.717) is 25.3 Å². The van der Waals surface area contributed by atoms with Crippen molar-refractivity contribution in [2.75, 3.05) is 6.61 Å². The minimum absolute atomic E-state index is 0.105. The van der Waals surface area contributed by atoms with Crippen molar-refractivity contribution in [1.29, 1.82) is 0 Å².